The summed E-state index contributed by atoms with van der Waals surface area (Å²) < 4.78 is 10.9. The zero-order chi connectivity index (χ0) is 26.9. The van der Waals surface area contributed by atoms with Gasteiger partial charge in [-0.05, 0) is 65.9 Å². The molecule has 0 amide bonds. The monoisotopic (exact) mass is 534 g/mol. The van der Waals surface area contributed by atoms with Crippen LogP contribution in [0.4, 0.5) is 0 Å². The molecular weight excluding hydrogens is 508 g/mol. The van der Waals surface area contributed by atoms with E-state index < -0.39 is 35.5 Å². The molecule has 0 bridgehead atoms. The van der Waals surface area contributed by atoms with Crippen LogP contribution in [0.1, 0.15) is 36.6 Å². The first-order valence-corrected chi connectivity index (χ1v) is 12.5. The molecule has 0 spiro atoms. The Bertz CT molecular complexity index is 1460. The van der Waals surface area contributed by atoms with E-state index in [1.54, 1.807) is 26.1 Å². The van der Waals surface area contributed by atoms with Crippen LogP contribution in [0.2, 0.25) is 5.02 Å². The Balaban J connectivity index is 1.28. The molecule has 2 heterocycles. The van der Waals surface area contributed by atoms with Crippen molar-refractivity contribution in [3.05, 3.63) is 82.4 Å². The number of nitrogens with zero attached hydrogens (tertiary/aromatic N) is 1. The highest BCUT2D eigenvalue weighted by Gasteiger charge is 2.48. The number of hydrogen-bond donors (Lipinski definition) is 3. The van der Waals surface area contributed by atoms with Crippen LogP contribution in [-0.2, 0) is 24.5 Å². The van der Waals surface area contributed by atoms with Crippen molar-refractivity contribution < 1.29 is 29.3 Å². The van der Waals surface area contributed by atoms with Gasteiger partial charge in [0.2, 0.25) is 12.5 Å². The van der Waals surface area contributed by atoms with Gasteiger partial charge in [0.25, 0.3) is 0 Å². The Morgan fingerprint density at radius 3 is 2.63 bits per heavy atom. The van der Waals surface area contributed by atoms with Crippen molar-refractivity contribution in [1.29, 1.82) is 0 Å². The molecule has 3 unspecified atom stereocenters. The van der Waals surface area contributed by atoms with Crippen LogP contribution in [0.5, 0.6) is 0 Å². The standard InChI is InChI=1S/C29H27ClN2O6/c1-18(23-5-3-4-6-24(23)30)37-27(35)32-28(2)15-31-38-25(28)12-8-19-7-9-21-14-22(11-10-20(21)13-19)29(26(33)34)16-36-17-29/h3-7,9-11,13-15,18,25,27,32,35H,16-17H2,1-2H3,(H,33,34)/t18-,25?,27?,28?/m0/s1. The third kappa shape index (κ3) is 4.99. The molecule has 3 aromatic rings. The lowest BCUT2D eigenvalue weighted by atomic mass is 9.78. The van der Waals surface area contributed by atoms with Gasteiger partial charge in [0.05, 0.1) is 25.5 Å². The van der Waals surface area contributed by atoms with Crippen molar-refractivity contribution in [2.45, 2.75) is 43.4 Å². The summed E-state index contributed by atoms with van der Waals surface area (Å²) in [5, 5.41) is 29.5. The summed E-state index contributed by atoms with van der Waals surface area (Å²) in [4.78, 5) is 17.3. The first kappa shape index (κ1) is 26.2. The fourth-order valence-corrected chi connectivity index (χ4v) is 4.82. The van der Waals surface area contributed by atoms with Gasteiger partial charge in [-0.2, -0.15) is 0 Å². The number of fused-ring (bicyclic) bond motifs is 1. The number of aliphatic hydroxyl groups is 1. The maximum atomic E-state index is 11.8. The number of nitrogens with one attached hydrogen (secondary N) is 1. The number of oxime groups is 1. The molecule has 0 radical (unpaired) electrons. The summed E-state index contributed by atoms with van der Waals surface area (Å²) in [5.74, 6) is 5.32. The summed E-state index contributed by atoms with van der Waals surface area (Å²) in [6.45, 7) is 3.95. The average molecular weight is 535 g/mol. The third-order valence-corrected chi connectivity index (χ3v) is 7.33. The van der Waals surface area contributed by atoms with E-state index in [2.05, 4.69) is 22.3 Å². The second-order valence-electron chi connectivity index (χ2n) is 9.73. The van der Waals surface area contributed by atoms with Crippen LogP contribution in [0.15, 0.2) is 65.8 Å². The van der Waals surface area contributed by atoms with Gasteiger partial charge >= 0.3 is 5.97 Å². The molecule has 3 N–H and O–H groups in total. The Morgan fingerprint density at radius 2 is 1.92 bits per heavy atom. The van der Waals surface area contributed by atoms with Crippen LogP contribution >= 0.6 is 11.6 Å². The normalized spacial score (nSPS) is 23.1. The molecule has 4 atom stereocenters. The first-order chi connectivity index (χ1) is 18.2. The first-order valence-electron chi connectivity index (χ1n) is 12.1. The molecule has 0 aromatic heterocycles. The van der Waals surface area contributed by atoms with Crippen LogP contribution in [0.25, 0.3) is 10.8 Å². The molecule has 3 aromatic carbocycles. The van der Waals surface area contributed by atoms with Crippen LogP contribution in [0.3, 0.4) is 0 Å². The van der Waals surface area contributed by atoms with Crippen molar-refractivity contribution in [1.82, 2.24) is 5.32 Å². The fourth-order valence-electron chi connectivity index (χ4n) is 4.53. The molecule has 196 valence electrons. The van der Waals surface area contributed by atoms with Crippen molar-refractivity contribution in [2.75, 3.05) is 13.2 Å². The predicted molar refractivity (Wildman–Crippen MR) is 143 cm³/mol. The summed E-state index contributed by atoms with van der Waals surface area (Å²) in [7, 11) is 0. The SMILES string of the molecule is C[C@H](OC(O)NC1(C)C=NOC1C#Cc1ccc2cc(C3(C(=O)O)COC3)ccc2c1)c1ccccc1Cl. The number of halogens is 1. The van der Waals surface area contributed by atoms with Gasteiger partial charge in [0, 0.05) is 10.6 Å². The Hall–Kier alpha value is -3.45. The van der Waals surface area contributed by atoms with E-state index >= 15 is 0 Å². The zero-order valence-electron chi connectivity index (χ0n) is 20.8. The minimum atomic E-state index is -1.33. The van der Waals surface area contributed by atoms with Crippen molar-refractivity contribution >= 4 is 34.6 Å². The predicted octanol–water partition coefficient (Wildman–Crippen LogP) is 3.98. The molecular formula is C29H27ClN2O6. The lowest BCUT2D eigenvalue weighted by Crippen LogP contribution is -2.55. The van der Waals surface area contributed by atoms with E-state index in [0.29, 0.717) is 5.02 Å². The van der Waals surface area contributed by atoms with Crippen LogP contribution in [0, 0.1) is 11.8 Å². The third-order valence-electron chi connectivity index (χ3n) is 6.99. The van der Waals surface area contributed by atoms with Crippen molar-refractivity contribution in [3.8, 4) is 11.8 Å². The second-order valence-corrected chi connectivity index (χ2v) is 10.1. The highest BCUT2D eigenvalue weighted by Crippen LogP contribution is 2.34. The molecule has 9 heteroatoms. The maximum Gasteiger partial charge on any atom is 0.318 e. The van der Waals surface area contributed by atoms with Gasteiger partial charge in [-0.15, -0.1) is 0 Å². The van der Waals surface area contributed by atoms with Crippen LogP contribution < -0.4 is 5.32 Å². The number of hydrogen-bond acceptors (Lipinski definition) is 7. The van der Waals surface area contributed by atoms with E-state index in [0.717, 1.165) is 27.5 Å². The molecule has 0 aliphatic carbocycles. The number of aliphatic hydroxyl groups excluding tert-OH is 1. The van der Waals surface area contributed by atoms with Crippen molar-refractivity contribution in [2.24, 2.45) is 5.16 Å². The molecule has 1 fully saturated rings. The number of carboxylic acid groups (broad SMARTS) is 1. The summed E-state index contributed by atoms with van der Waals surface area (Å²) >= 11 is 6.24. The average Bonchev–Trinajstić information content (AvgIpc) is 3.21. The van der Waals surface area contributed by atoms with Crippen LogP contribution in [-0.4, -0.2) is 53.7 Å². The molecule has 2 aliphatic rings. The lowest BCUT2D eigenvalue weighted by molar-refractivity contribution is -0.163. The number of aliphatic carboxylic acids is 1. The lowest BCUT2D eigenvalue weighted by Gasteiger charge is -2.37. The minimum Gasteiger partial charge on any atom is -0.480 e. The van der Waals surface area contributed by atoms with Crippen molar-refractivity contribution in [3.63, 3.8) is 0 Å². The highest BCUT2D eigenvalue weighted by molar-refractivity contribution is 6.31. The van der Waals surface area contributed by atoms with Gasteiger partial charge in [-0.25, -0.2) is 0 Å². The highest BCUT2D eigenvalue weighted by atomic mass is 35.5. The number of benzene rings is 3. The van der Waals surface area contributed by atoms with E-state index in [4.69, 9.17) is 25.9 Å². The van der Waals surface area contributed by atoms with Gasteiger partial charge in [0.15, 0.2) is 0 Å². The summed E-state index contributed by atoms with van der Waals surface area (Å²) in [6.07, 6.45) is -0.917. The Kier molecular flexibility index (Phi) is 7.14. The number of rotatable bonds is 7. The molecule has 8 nitrogen and oxygen atoms in total. The molecule has 2 aliphatic heterocycles. The number of ether oxygens (including phenoxy) is 2. The van der Waals surface area contributed by atoms with E-state index in [9.17, 15) is 15.0 Å². The number of carbonyl (C=O) groups is 1. The molecule has 38 heavy (non-hydrogen) atoms. The molecule has 0 saturated carbocycles. The van der Waals surface area contributed by atoms with E-state index in [-0.39, 0.29) is 13.2 Å². The largest absolute Gasteiger partial charge is 0.480 e. The maximum absolute atomic E-state index is 11.8. The Morgan fingerprint density at radius 1 is 1.18 bits per heavy atom. The number of carboxylic acids is 1. The minimum absolute atomic E-state index is 0.173. The summed E-state index contributed by atoms with van der Waals surface area (Å²) in [6, 6.07) is 18.6. The van der Waals surface area contributed by atoms with E-state index in [1.165, 1.54) is 0 Å². The zero-order valence-corrected chi connectivity index (χ0v) is 21.6. The summed E-state index contributed by atoms with van der Waals surface area (Å²) in [5.41, 5.74) is 0.353. The van der Waals surface area contributed by atoms with Gasteiger partial charge in [-0.1, -0.05) is 59.1 Å². The Labute approximate surface area is 225 Å². The second kappa shape index (κ2) is 10.4. The van der Waals surface area contributed by atoms with Gasteiger partial charge in [0.1, 0.15) is 11.0 Å². The fraction of sp³-hybridized carbons (Fsp3) is 0.310. The topological polar surface area (TPSA) is 110 Å². The smallest absolute Gasteiger partial charge is 0.318 e. The van der Waals surface area contributed by atoms with Gasteiger partial charge in [-0.3, -0.25) is 10.1 Å². The van der Waals surface area contributed by atoms with Gasteiger partial charge < -0.3 is 24.5 Å². The quantitative estimate of drug-likeness (QED) is 0.311. The molecule has 1 saturated heterocycles. The molecule has 5 rings (SSSR count). The van der Waals surface area contributed by atoms with E-state index in [1.807, 2.05) is 54.6 Å².